The second kappa shape index (κ2) is 33.2. The van der Waals surface area contributed by atoms with Gasteiger partial charge in [-0.3, -0.25) is 9.78 Å². The van der Waals surface area contributed by atoms with E-state index in [1.165, 1.54) is 60.8 Å². The largest absolute Gasteiger partial charge is 0.381 e. The minimum Gasteiger partial charge on any atom is -0.381 e. The summed E-state index contributed by atoms with van der Waals surface area (Å²) >= 11 is 0. The SMILES string of the molecule is CCCC.CCCC(C)=O.CCCCCCOCCC.Cc1ccc(-c2ccc(C)c(C)c2)nc1.N#CCNC=O. The number of carbonyl (C=O) groups is 2. The molecule has 0 atom stereocenters. The number of nitriles is 1. The number of nitrogens with zero attached hydrogens (tertiary/aromatic N) is 2. The second-order valence-corrected chi connectivity index (χ2v) is 9.80. The average Bonchev–Trinajstić information content (AvgIpc) is 2.97. The Hall–Kier alpha value is -3.04. The Morgan fingerprint density at radius 2 is 1.56 bits per heavy atom. The molecule has 0 spiro atoms. The van der Waals surface area contributed by atoms with Crippen LogP contribution >= 0.6 is 0 Å². The molecule has 0 aliphatic carbocycles. The van der Waals surface area contributed by atoms with Gasteiger partial charge in [-0.05, 0) is 75.8 Å². The Morgan fingerprint density at radius 3 is 1.95 bits per heavy atom. The highest BCUT2D eigenvalue weighted by Crippen LogP contribution is 2.20. The molecular formula is C35H59N3O3. The van der Waals surface area contributed by atoms with Crippen molar-refractivity contribution >= 4 is 12.2 Å². The van der Waals surface area contributed by atoms with Crippen molar-refractivity contribution in [2.24, 2.45) is 0 Å². The van der Waals surface area contributed by atoms with Crippen molar-refractivity contribution in [2.45, 2.75) is 120 Å². The van der Waals surface area contributed by atoms with Crippen molar-refractivity contribution in [1.82, 2.24) is 10.3 Å². The Morgan fingerprint density at radius 1 is 0.878 bits per heavy atom. The summed E-state index contributed by atoms with van der Waals surface area (Å²) in [6.45, 7) is 20.7. The van der Waals surface area contributed by atoms with E-state index in [0.29, 0.717) is 6.41 Å². The van der Waals surface area contributed by atoms with E-state index in [9.17, 15) is 9.59 Å². The first-order valence-electron chi connectivity index (χ1n) is 15.3. The van der Waals surface area contributed by atoms with E-state index in [4.69, 9.17) is 10.00 Å². The second-order valence-electron chi connectivity index (χ2n) is 9.80. The summed E-state index contributed by atoms with van der Waals surface area (Å²) in [4.78, 5) is 23.8. The predicted molar refractivity (Wildman–Crippen MR) is 175 cm³/mol. The van der Waals surface area contributed by atoms with Crippen LogP contribution in [-0.4, -0.2) is 36.9 Å². The number of nitrogens with one attached hydrogen (secondary N) is 1. The molecule has 1 amide bonds. The molecule has 2 rings (SSSR count). The van der Waals surface area contributed by atoms with Crippen LogP contribution in [0.15, 0.2) is 36.5 Å². The molecule has 6 heteroatoms. The van der Waals surface area contributed by atoms with Gasteiger partial charge in [-0.25, -0.2) is 0 Å². The number of rotatable bonds is 13. The monoisotopic (exact) mass is 569 g/mol. The molecule has 1 aromatic heterocycles. The van der Waals surface area contributed by atoms with Crippen molar-refractivity contribution in [3.8, 4) is 17.3 Å². The van der Waals surface area contributed by atoms with Crippen molar-refractivity contribution in [3.05, 3.63) is 53.2 Å². The zero-order valence-electron chi connectivity index (χ0n) is 27.6. The zero-order valence-corrected chi connectivity index (χ0v) is 27.6. The van der Waals surface area contributed by atoms with E-state index in [-0.39, 0.29) is 12.3 Å². The topological polar surface area (TPSA) is 92.1 Å². The van der Waals surface area contributed by atoms with Gasteiger partial charge in [-0.2, -0.15) is 5.26 Å². The Kier molecular flexibility index (Phi) is 34.3. The first-order valence-corrected chi connectivity index (χ1v) is 15.3. The number of amides is 1. The number of hydrogen-bond donors (Lipinski definition) is 1. The third-order valence-corrected chi connectivity index (χ3v) is 5.57. The number of hydrogen-bond acceptors (Lipinski definition) is 5. The fourth-order valence-electron chi connectivity index (χ4n) is 2.86. The zero-order chi connectivity index (χ0) is 31.7. The molecule has 0 saturated carbocycles. The lowest BCUT2D eigenvalue weighted by Gasteiger charge is -2.04. The molecule has 0 unspecified atom stereocenters. The van der Waals surface area contributed by atoms with Gasteiger partial charge in [-0.1, -0.05) is 84.9 Å². The number of benzene rings is 1. The predicted octanol–water partition coefficient (Wildman–Crippen LogP) is 9.11. The van der Waals surface area contributed by atoms with Crippen molar-refractivity contribution in [3.63, 3.8) is 0 Å². The molecule has 1 heterocycles. The molecule has 0 aliphatic heterocycles. The summed E-state index contributed by atoms with van der Waals surface area (Å²) < 4.78 is 5.33. The highest BCUT2D eigenvalue weighted by molar-refractivity contribution is 5.75. The van der Waals surface area contributed by atoms with E-state index < -0.39 is 0 Å². The first kappa shape index (κ1) is 42.4. The van der Waals surface area contributed by atoms with Gasteiger partial charge < -0.3 is 14.8 Å². The van der Waals surface area contributed by atoms with Crippen molar-refractivity contribution in [1.29, 1.82) is 5.26 Å². The van der Waals surface area contributed by atoms with Crippen LogP contribution in [0.2, 0.25) is 0 Å². The molecule has 0 aliphatic rings. The van der Waals surface area contributed by atoms with Crippen LogP contribution in [-0.2, 0) is 14.3 Å². The summed E-state index contributed by atoms with van der Waals surface area (Å²) in [7, 11) is 0. The van der Waals surface area contributed by atoms with Gasteiger partial charge >= 0.3 is 0 Å². The van der Waals surface area contributed by atoms with Gasteiger partial charge in [-0.15, -0.1) is 0 Å². The minimum atomic E-state index is 0.101. The number of aromatic nitrogens is 1. The molecule has 41 heavy (non-hydrogen) atoms. The van der Waals surface area contributed by atoms with Crippen LogP contribution in [0, 0.1) is 32.1 Å². The van der Waals surface area contributed by atoms with Gasteiger partial charge in [0.1, 0.15) is 12.3 Å². The molecule has 1 N–H and O–H groups in total. The number of unbranched alkanes of at least 4 members (excludes halogenated alkanes) is 4. The molecule has 1 aromatic carbocycles. The van der Waals surface area contributed by atoms with E-state index in [1.54, 1.807) is 13.0 Å². The van der Waals surface area contributed by atoms with E-state index in [0.717, 1.165) is 38.2 Å². The summed E-state index contributed by atoms with van der Waals surface area (Å²) in [6.07, 6.45) is 13.1. The first-order chi connectivity index (χ1) is 19.7. The standard InChI is InChI=1S/C14H15N.C9H20O.C5H10O.C4H10.C3H4N2O/c1-10-4-7-14(15-9-10)13-6-5-11(2)12(3)8-13;1-3-5-6-7-9-10-8-4-2;1-3-4-5(2)6;1-3-4-2;4-1-2-5-3-6/h4-9H,1-3H3;3-9H2,1-2H3;3-4H2,1-2H3;3-4H2,1-2H3;3H,2H2,(H,5,6). The third-order valence-electron chi connectivity index (χ3n) is 5.57. The maximum atomic E-state index is 10.0. The molecular weight excluding hydrogens is 510 g/mol. The third kappa shape index (κ3) is 31.3. The number of aryl methyl sites for hydroxylation is 3. The smallest absolute Gasteiger partial charge is 0.207 e. The van der Waals surface area contributed by atoms with E-state index in [1.807, 2.05) is 13.1 Å². The number of pyridine rings is 1. The Bertz CT molecular complexity index is 896. The fourth-order valence-corrected chi connectivity index (χ4v) is 2.86. The maximum absolute atomic E-state index is 10.0. The van der Waals surface area contributed by atoms with Crippen molar-refractivity contribution in [2.75, 3.05) is 19.8 Å². The van der Waals surface area contributed by atoms with Gasteiger partial charge in [0.05, 0.1) is 11.8 Å². The van der Waals surface area contributed by atoms with Crippen LogP contribution < -0.4 is 5.32 Å². The van der Waals surface area contributed by atoms with Crippen LogP contribution in [0.4, 0.5) is 0 Å². The molecule has 232 valence electrons. The number of ether oxygens (including phenoxy) is 1. The number of carbonyl (C=O) groups excluding carboxylic acids is 2. The summed E-state index contributed by atoms with van der Waals surface area (Å²) in [6, 6.07) is 12.3. The number of ketones is 1. The lowest BCUT2D eigenvalue weighted by atomic mass is 10.0. The molecule has 6 nitrogen and oxygen atoms in total. The van der Waals surface area contributed by atoms with Crippen LogP contribution in [0.3, 0.4) is 0 Å². The van der Waals surface area contributed by atoms with Gasteiger partial charge in [0, 0.05) is 31.4 Å². The maximum Gasteiger partial charge on any atom is 0.207 e. The average molecular weight is 570 g/mol. The van der Waals surface area contributed by atoms with Gasteiger partial charge in [0.25, 0.3) is 0 Å². The van der Waals surface area contributed by atoms with Crippen LogP contribution in [0.25, 0.3) is 11.3 Å². The van der Waals surface area contributed by atoms with Crippen LogP contribution in [0.5, 0.6) is 0 Å². The highest BCUT2D eigenvalue weighted by Gasteiger charge is 2.00. The summed E-state index contributed by atoms with van der Waals surface area (Å²) in [5, 5.41) is 9.88. The van der Waals surface area contributed by atoms with E-state index >= 15 is 0 Å². The highest BCUT2D eigenvalue weighted by atomic mass is 16.5. The number of Topliss-reactive ketones (excluding diaryl/α,β-unsaturated/α-hetero) is 1. The van der Waals surface area contributed by atoms with Crippen molar-refractivity contribution < 1.29 is 14.3 Å². The molecule has 0 bridgehead atoms. The quantitative estimate of drug-likeness (QED) is 0.147. The normalized spacial score (nSPS) is 9.07. The Labute approximate surface area is 252 Å². The lowest BCUT2D eigenvalue weighted by Crippen LogP contribution is -2.09. The van der Waals surface area contributed by atoms with Crippen LogP contribution in [0.1, 0.15) is 116 Å². The molecule has 0 fully saturated rings. The Balaban J connectivity index is -0.000000484. The molecule has 0 saturated heterocycles. The molecule has 2 aromatic rings. The summed E-state index contributed by atoms with van der Waals surface area (Å²) in [5.74, 6) is 0.289. The van der Waals surface area contributed by atoms with Gasteiger partial charge in [0.2, 0.25) is 6.41 Å². The molecule has 0 radical (unpaired) electrons. The summed E-state index contributed by atoms with van der Waals surface area (Å²) in [5.41, 5.74) is 6.07. The van der Waals surface area contributed by atoms with Gasteiger partial charge in [0.15, 0.2) is 0 Å². The minimum absolute atomic E-state index is 0.101. The fraction of sp³-hybridized carbons (Fsp3) is 0.600. The van der Waals surface area contributed by atoms with E-state index in [2.05, 4.69) is 89.1 Å². The lowest BCUT2D eigenvalue weighted by molar-refractivity contribution is -0.117.